The number of amides is 1. The molecule has 180 valence electrons. The molecule has 4 fully saturated rings. The molecule has 4 atom stereocenters. The van der Waals surface area contributed by atoms with E-state index in [1.54, 1.807) is 6.07 Å². The molecule has 5 nitrogen and oxygen atoms in total. The predicted octanol–water partition coefficient (Wildman–Crippen LogP) is 3.66. The summed E-state index contributed by atoms with van der Waals surface area (Å²) in [7, 11) is 0. The first kappa shape index (κ1) is 25.7. The second-order valence-electron chi connectivity index (χ2n) is 9.81. The van der Waals surface area contributed by atoms with Crippen molar-refractivity contribution in [2.24, 2.45) is 17.8 Å². The molecule has 0 spiro atoms. The Bertz CT molecular complexity index is 774. The third-order valence-electron chi connectivity index (χ3n) is 7.63. The zero-order valence-corrected chi connectivity index (χ0v) is 20.1. The molecule has 0 unspecified atom stereocenters. The number of rotatable bonds is 6. The van der Waals surface area contributed by atoms with E-state index >= 15 is 0 Å². The first-order chi connectivity index (χ1) is 14.7. The van der Waals surface area contributed by atoms with Crippen LogP contribution in [0.3, 0.4) is 0 Å². The molecule has 1 aromatic rings. The van der Waals surface area contributed by atoms with E-state index in [-0.39, 0.29) is 48.4 Å². The lowest BCUT2D eigenvalue weighted by atomic mass is 9.77. The van der Waals surface area contributed by atoms with Gasteiger partial charge in [-0.3, -0.25) is 4.79 Å². The van der Waals surface area contributed by atoms with Crippen molar-refractivity contribution in [3.05, 3.63) is 35.1 Å². The van der Waals surface area contributed by atoms with E-state index in [1.165, 1.54) is 18.9 Å². The van der Waals surface area contributed by atoms with Crippen LogP contribution in [-0.2, 0) is 4.74 Å². The maximum Gasteiger partial charge on any atom is 0.254 e. The molecule has 2 aliphatic heterocycles. The number of carbonyl (C=O) groups is 1. The van der Waals surface area contributed by atoms with Gasteiger partial charge in [0.1, 0.15) is 5.82 Å². The smallest absolute Gasteiger partial charge is 0.254 e. The minimum absolute atomic E-state index is 0. The quantitative estimate of drug-likeness (QED) is 0.572. The zero-order chi connectivity index (χ0) is 20.5. The Morgan fingerprint density at radius 1 is 1.03 bits per heavy atom. The molecular weight excluding hydrogens is 452 g/mol. The van der Waals surface area contributed by atoms with Gasteiger partial charge in [-0.25, -0.2) is 4.39 Å². The first-order valence-corrected chi connectivity index (χ1v) is 11.8. The van der Waals surface area contributed by atoms with E-state index in [4.69, 9.17) is 4.74 Å². The van der Waals surface area contributed by atoms with Crippen LogP contribution < -0.4 is 16.0 Å². The Balaban J connectivity index is 0.00000144. The summed E-state index contributed by atoms with van der Waals surface area (Å²) in [5, 5.41) is 10.0. The van der Waals surface area contributed by atoms with Crippen LogP contribution in [0.5, 0.6) is 0 Å². The fraction of sp³-hybridized carbons (Fsp3) is 0.708. The minimum Gasteiger partial charge on any atom is -0.376 e. The summed E-state index contributed by atoms with van der Waals surface area (Å²) in [6, 6.07) is 5.05. The maximum atomic E-state index is 14.6. The predicted molar refractivity (Wildman–Crippen MR) is 129 cm³/mol. The van der Waals surface area contributed by atoms with E-state index < -0.39 is 5.82 Å². The van der Waals surface area contributed by atoms with Gasteiger partial charge in [-0.15, -0.1) is 24.8 Å². The van der Waals surface area contributed by atoms with Crippen molar-refractivity contribution in [1.82, 2.24) is 16.0 Å². The number of halogens is 3. The average Bonchev–Trinajstić information content (AvgIpc) is 3.49. The van der Waals surface area contributed by atoms with E-state index in [0.717, 1.165) is 64.0 Å². The van der Waals surface area contributed by atoms with Crippen molar-refractivity contribution in [3.8, 4) is 0 Å². The zero-order valence-electron chi connectivity index (χ0n) is 18.5. The van der Waals surface area contributed by atoms with Crippen LogP contribution in [0.2, 0.25) is 0 Å². The molecule has 0 bridgehead atoms. The molecule has 2 saturated heterocycles. The number of carbonyl (C=O) groups excluding carboxylic acids is 1. The maximum absolute atomic E-state index is 14.6. The summed E-state index contributed by atoms with van der Waals surface area (Å²) in [6.07, 6.45) is 6.50. The summed E-state index contributed by atoms with van der Waals surface area (Å²) in [6.45, 7) is 4.79. The number of hydrogen-bond donors (Lipinski definition) is 3. The van der Waals surface area contributed by atoms with Crippen LogP contribution in [0, 0.1) is 23.6 Å². The van der Waals surface area contributed by atoms with Gasteiger partial charge in [0.25, 0.3) is 5.91 Å². The van der Waals surface area contributed by atoms with E-state index in [9.17, 15) is 9.18 Å². The number of fused-ring (bicyclic) bond motifs is 1. The summed E-state index contributed by atoms with van der Waals surface area (Å²) in [5.41, 5.74) is 1.26. The van der Waals surface area contributed by atoms with Gasteiger partial charge in [-0.1, -0.05) is 6.07 Å². The van der Waals surface area contributed by atoms with Crippen LogP contribution >= 0.6 is 24.8 Å². The van der Waals surface area contributed by atoms with Gasteiger partial charge in [-0.2, -0.15) is 0 Å². The van der Waals surface area contributed by atoms with Gasteiger partial charge in [-0.05, 0) is 106 Å². The lowest BCUT2D eigenvalue weighted by molar-refractivity contribution is -0.0212. The minimum atomic E-state index is -0.433. The highest BCUT2D eigenvalue weighted by Gasteiger charge is 2.41. The van der Waals surface area contributed by atoms with E-state index in [0.29, 0.717) is 23.7 Å². The highest BCUT2D eigenvalue weighted by molar-refractivity contribution is 5.95. The second-order valence-corrected chi connectivity index (χ2v) is 9.81. The third kappa shape index (κ3) is 5.95. The van der Waals surface area contributed by atoms with E-state index in [2.05, 4.69) is 16.0 Å². The molecule has 2 saturated carbocycles. The lowest BCUT2D eigenvalue weighted by Gasteiger charge is -2.38. The van der Waals surface area contributed by atoms with Crippen molar-refractivity contribution in [1.29, 1.82) is 0 Å². The Hall–Kier alpha value is -0.920. The Labute approximate surface area is 202 Å². The topological polar surface area (TPSA) is 62.4 Å². The van der Waals surface area contributed by atoms with Crippen molar-refractivity contribution < 1.29 is 13.9 Å². The molecule has 1 aromatic carbocycles. The van der Waals surface area contributed by atoms with Gasteiger partial charge in [0.05, 0.1) is 17.7 Å². The number of benzene rings is 1. The second kappa shape index (κ2) is 11.5. The van der Waals surface area contributed by atoms with Crippen molar-refractivity contribution in [3.63, 3.8) is 0 Å². The largest absolute Gasteiger partial charge is 0.376 e. The Morgan fingerprint density at radius 3 is 2.47 bits per heavy atom. The fourth-order valence-corrected chi connectivity index (χ4v) is 5.53. The van der Waals surface area contributed by atoms with Crippen molar-refractivity contribution >= 4 is 30.7 Å². The standard InChI is InChI=1S/C24H34FN3O2.2ClH/c25-21-4-3-17(16-5-7-26-8-6-16)9-20(21)24(29)28-22-10-18-12-27-13-19(18)11-23(22)30-14-15-1-2-15;;/h3-4,9,15-16,18-19,22-23,26-27H,1-2,5-8,10-14H2,(H,28,29);2*1H/t18-,19+,22-,23-;;/m0../s1. The normalized spacial score (nSPS) is 30.0. The monoisotopic (exact) mass is 487 g/mol. The van der Waals surface area contributed by atoms with Gasteiger partial charge >= 0.3 is 0 Å². The van der Waals surface area contributed by atoms with Gasteiger partial charge < -0.3 is 20.7 Å². The van der Waals surface area contributed by atoms with Gasteiger partial charge in [0.2, 0.25) is 0 Å². The SMILES string of the molecule is Cl.Cl.O=C(N[C@H]1C[C@H]2CNC[C@H]2C[C@@H]1OCC1CC1)c1cc(C2CCNCC2)ccc1F. The molecule has 1 amide bonds. The number of hydrogen-bond acceptors (Lipinski definition) is 4. The molecular formula is C24H36Cl2FN3O2. The first-order valence-electron chi connectivity index (χ1n) is 11.8. The van der Waals surface area contributed by atoms with Gasteiger partial charge in [0.15, 0.2) is 0 Å². The summed E-state index contributed by atoms with van der Waals surface area (Å²) in [4.78, 5) is 13.1. The van der Waals surface area contributed by atoms with Crippen molar-refractivity contribution in [2.75, 3.05) is 32.8 Å². The summed E-state index contributed by atoms with van der Waals surface area (Å²) < 4.78 is 20.9. The number of piperidine rings is 1. The highest BCUT2D eigenvalue weighted by atomic mass is 35.5. The average molecular weight is 488 g/mol. The molecule has 0 radical (unpaired) electrons. The number of nitrogens with one attached hydrogen (secondary N) is 3. The summed E-state index contributed by atoms with van der Waals surface area (Å²) >= 11 is 0. The highest BCUT2D eigenvalue weighted by Crippen LogP contribution is 2.36. The van der Waals surface area contributed by atoms with Crippen LogP contribution in [0.15, 0.2) is 18.2 Å². The Morgan fingerprint density at radius 2 is 1.75 bits per heavy atom. The molecule has 2 heterocycles. The molecule has 5 rings (SSSR count). The molecule has 0 aromatic heterocycles. The molecule has 8 heteroatoms. The van der Waals surface area contributed by atoms with Crippen LogP contribution in [-0.4, -0.2) is 50.8 Å². The van der Waals surface area contributed by atoms with E-state index in [1.807, 2.05) is 6.07 Å². The molecule has 4 aliphatic rings. The lowest BCUT2D eigenvalue weighted by Crippen LogP contribution is -2.50. The van der Waals surface area contributed by atoms with Crippen LogP contribution in [0.25, 0.3) is 0 Å². The van der Waals surface area contributed by atoms with Crippen LogP contribution in [0.1, 0.15) is 60.4 Å². The van der Waals surface area contributed by atoms with Crippen molar-refractivity contribution in [2.45, 2.75) is 56.6 Å². The molecule has 3 N–H and O–H groups in total. The summed E-state index contributed by atoms with van der Waals surface area (Å²) in [5.74, 6) is 1.56. The molecule has 32 heavy (non-hydrogen) atoms. The van der Waals surface area contributed by atoms with Gasteiger partial charge in [0, 0.05) is 6.61 Å². The Kier molecular flexibility index (Phi) is 9.22. The number of ether oxygens (including phenoxy) is 1. The third-order valence-corrected chi connectivity index (χ3v) is 7.63. The van der Waals surface area contributed by atoms with Crippen LogP contribution in [0.4, 0.5) is 4.39 Å². The fourth-order valence-electron chi connectivity index (χ4n) is 5.53. The molecule has 2 aliphatic carbocycles.